The molecule has 0 amide bonds. The highest BCUT2D eigenvalue weighted by Crippen LogP contribution is 2.25. The first kappa shape index (κ1) is 13.1. The van der Waals surface area contributed by atoms with Crippen LogP contribution in [0.2, 0.25) is 0 Å². The predicted molar refractivity (Wildman–Crippen MR) is 75.2 cm³/mol. The van der Waals surface area contributed by atoms with E-state index in [1.165, 1.54) is 50.0 Å². The van der Waals surface area contributed by atoms with Crippen LogP contribution in [0.1, 0.15) is 36.9 Å². The molecule has 0 bridgehead atoms. The van der Waals surface area contributed by atoms with Crippen LogP contribution in [0.4, 0.5) is 0 Å². The van der Waals surface area contributed by atoms with Crippen molar-refractivity contribution >= 4 is 0 Å². The van der Waals surface area contributed by atoms with Crippen molar-refractivity contribution in [3.63, 3.8) is 0 Å². The third kappa shape index (κ3) is 3.18. The zero-order chi connectivity index (χ0) is 13.1. The molecule has 4 heteroatoms. The Bertz CT molecular complexity index is 398. The Labute approximate surface area is 115 Å². The van der Waals surface area contributed by atoms with Gasteiger partial charge in [-0.05, 0) is 57.1 Å². The summed E-state index contributed by atoms with van der Waals surface area (Å²) in [6.07, 6.45) is 8.24. The minimum atomic E-state index is 0.763. The fourth-order valence-electron chi connectivity index (χ4n) is 3.51. The van der Waals surface area contributed by atoms with Gasteiger partial charge in [-0.2, -0.15) is 5.10 Å². The number of aryl methyl sites for hydroxylation is 1. The van der Waals surface area contributed by atoms with E-state index in [-0.39, 0.29) is 0 Å². The van der Waals surface area contributed by atoms with Gasteiger partial charge in [-0.1, -0.05) is 0 Å². The molecule has 4 nitrogen and oxygen atoms in total. The van der Waals surface area contributed by atoms with Crippen LogP contribution in [0.5, 0.6) is 0 Å². The maximum Gasteiger partial charge on any atom is 0.0519 e. The van der Waals surface area contributed by atoms with Crippen LogP contribution >= 0.6 is 0 Å². The molecule has 1 atom stereocenters. The van der Waals surface area contributed by atoms with E-state index in [9.17, 15) is 0 Å². The number of aromatic nitrogens is 2. The number of hydrogen-bond donors (Lipinski definition) is 1. The van der Waals surface area contributed by atoms with Crippen LogP contribution in [-0.2, 0) is 11.2 Å². The number of aromatic amines is 1. The summed E-state index contributed by atoms with van der Waals surface area (Å²) in [7, 11) is 0. The van der Waals surface area contributed by atoms with Gasteiger partial charge in [0.25, 0.3) is 0 Å². The van der Waals surface area contributed by atoms with Crippen molar-refractivity contribution in [2.24, 2.45) is 5.92 Å². The molecule has 2 saturated heterocycles. The standard InChI is InChI=1S/C15H25N3O/c1-12-10-16-17-15(12)9-13-3-2-6-18(11-13)14-4-7-19-8-5-14/h10,13-14H,2-9,11H2,1H3,(H,16,17). The molecule has 0 radical (unpaired) electrons. The number of nitrogens with one attached hydrogen (secondary N) is 1. The Kier molecular flexibility index (Phi) is 4.18. The number of rotatable bonds is 3. The van der Waals surface area contributed by atoms with Crippen molar-refractivity contribution in [3.05, 3.63) is 17.5 Å². The molecular formula is C15H25N3O. The minimum Gasteiger partial charge on any atom is -0.381 e. The molecule has 1 aromatic heterocycles. The van der Waals surface area contributed by atoms with Crippen molar-refractivity contribution in [1.29, 1.82) is 0 Å². The summed E-state index contributed by atoms with van der Waals surface area (Å²) in [6.45, 7) is 6.58. The molecule has 0 saturated carbocycles. The Morgan fingerprint density at radius 3 is 2.95 bits per heavy atom. The molecule has 3 rings (SSSR count). The predicted octanol–water partition coefficient (Wildman–Crippen LogP) is 2.15. The fraction of sp³-hybridized carbons (Fsp3) is 0.800. The van der Waals surface area contributed by atoms with Gasteiger partial charge in [0.05, 0.1) is 6.20 Å². The Hall–Kier alpha value is -0.870. The lowest BCUT2D eigenvalue weighted by atomic mass is 9.90. The molecule has 0 spiro atoms. The smallest absolute Gasteiger partial charge is 0.0519 e. The summed E-state index contributed by atoms with van der Waals surface area (Å²) in [4.78, 5) is 2.71. The first-order valence-electron chi connectivity index (χ1n) is 7.63. The summed E-state index contributed by atoms with van der Waals surface area (Å²) in [6, 6.07) is 0.763. The first-order chi connectivity index (χ1) is 9.33. The average molecular weight is 263 g/mol. The van der Waals surface area contributed by atoms with Gasteiger partial charge in [0.1, 0.15) is 0 Å². The van der Waals surface area contributed by atoms with Crippen molar-refractivity contribution in [2.45, 2.75) is 45.1 Å². The van der Waals surface area contributed by atoms with E-state index >= 15 is 0 Å². The van der Waals surface area contributed by atoms with Gasteiger partial charge in [0.15, 0.2) is 0 Å². The fourth-order valence-corrected chi connectivity index (χ4v) is 3.51. The zero-order valence-electron chi connectivity index (χ0n) is 11.9. The van der Waals surface area contributed by atoms with E-state index in [1.54, 1.807) is 0 Å². The molecule has 1 aromatic rings. The number of H-pyrrole nitrogens is 1. The summed E-state index contributed by atoms with van der Waals surface area (Å²) in [5.74, 6) is 0.788. The topological polar surface area (TPSA) is 41.2 Å². The second-order valence-corrected chi connectivity index (χ2v) is 6.08. The van der Waals surface area contributed by atoms with Crippen molar-refractivity contribution in [2.75, 3.05) is 26.3 Å². The molecule has 19 heavy (non-hydrogen) atoms. The third-order valence-corrected chi connectivity index (χ3v) is 4.68. The highest BCUT2D eigenvalue weighted by atomic mass is 16.5. The van der Waals surface area contributed by atoms with Crippen molar-refractivity contribution in [1.82, 2.24) is 15.1 Å². The zero-order valence-corrected chi connectivity index (χ0v) is 11.9. The maximum absolute atomic E-state index is 5.48. The van der Waals surface area contributed by atoms with Gasteiger partial charge in [0, 0.05) is 31.5 Å². The summed E-state index contributed by atoms with van der Waals surface area (Å²) in [5.41, 5.74) is 2.64. The Morgan fingerprint density at radius 2 is 2.21 bits per heavy atom. The van der Waals surface area contributed by atoms with Gasteiger partial charge >= 0.3 is 0 Å². The Morgan fingerprint density at radius 1 is 1.37 bits per heavy atom. The van der Waals surface area contributed by atoms with Crippen molar-refractivity contribution in [3.8, 4) is 0 Å². The van der Waals surface area contributed by atoms with Crippen molar-refractivity contribution < 1.29 is 4.74 Å². The van der Waals surface area contributed by atoms with Crippen LogP contribution < -0.4 is 0 Å². The van der Waals surface area contributed by atoms with E-state index in [4.69, 9.17) is 4.74 Å². The summed E-state index contributed by atoms with van der Waals surface area (Å²) in [5, 5.41) is 7.30. The molecule has 2 fully saturated rings. The van der Waals surface area contributed by atoms with Crippen LogP contribution in [-0.4, -0.2) is 47.4 Å². The molecule has 2 aliphatic heterocycles. The van der Waals surface area contributed by atoms with E-state index in [1.807, 2.05) is 6.20 Å². The van der Waals surface area contributed by atoms with Crippen LogP contribution in [0, 0.1) is 12.8 Å². The van der Waals surface area contributed by atoms with Gasteiger partial charge in [-0.15, -0.1) is 0 Å². The first-order valence-corrected chi connectivity index (χ1v) is 7.63. The number of likely N-dealkylation sites (tertiary alicyclic amines) is 1. The molecule has 0 aromatic carbocycles. The Balaban J connectivity index is 1.57. The quantitative estimate of drug-likeness (QED) is 0.908. The third-order valence-electron chi connectivity index (χ3n) is 4.68. The molecule has 1 unspecified atom stereocenters. The molecule has 2 aliphatic rings. The molecular weight excluding hydrogens is 238 g/mol. The number of ether oxygens (including phenoxy) is 1. The molecule has 3 heterocycles. The number of nitrogens with zero attached hydrogens (tertiary/aromatic N) is 2. The van der Waals surface area contributed by atoms with Gasteiger partial charge < -0.3 is 4.74 Å². The number of piperidine rings is 1. The molecule has 1 N–H and O–H groups in total. The van der Waals surface area contributed by atoms with Crippen LogP contribution in [0.25, 0.3) is 0 Å². The van der Waals surface area contributed by atoms with E-state index in [2.05, 4.69) is 22.0 Å². The van der Waals surface area contributed by atoms with Gasteiger partial charge in [-0.25, -0.2) is 0 Å². The lowest BCUT2D eigenvalue weighted by Crippen LogP contribution is -2.45. The second-order valence-electron chi connectivity index (χ2n) is 6.08. The summed E-state index contributed by atoms with van der Waals surface area (Å²) < 4.78 is 5.48. The second kappa shape index (κ2) is 6.06. The number of hydrogen-bond acceptors (Lipinski definition) is 3. The van der Waals surface area contributed by atoms with Crippen LogP contribution in [0.3, 0.4) is 0 Å². The average Bonchev–Trinajstić information content (AvgIpc) is 2.86. The molecule has 0 aliphatic carbocycles. The minimum absolute atomic E-state index is 0.763. The van der Waals surface area contributed by atoms with E-state index < -0.39 is 0 Å². The van der Waals surface area contributed by atoms with Gasteiger partial charge in [0.2, 0.25) is 0 Å². The highest BCUT2D eigenvalue weighted by Gasteiger charge is 2.27. The van der Waals surface area contributed by atoms with Gasteiger partial charge in [-0.3, -0.25) is 10.00 Å². The monoisotopic (exact) mass is 263 g/mol. The largest absolute Gasteiger partial charge is 0.381 e. The SMILES string of the molecule is Cc1cn[nH]c1CC1CCCN(C2CCOCC2)C1. The summed E-state index contributed by atoms with van der Waals surface area (Å²) >= 11 is 0. The lowest BCUT2D eigenvalue weighted by molar-refractivity contribution is 0.0177. The maximum atomic E-state index is 5.48. The van der Waals surface area contributed by atoms with E-state index in [0.29, 0.717) is 0 Å². The highest BCUT2D eigenvalue weighted by molar-refractivity contribution is 5.14. The lowest BCUT2D eigenvalue weighted by Gasteiger charge is -2.40. The van der Waals surface area contributed by atoms with Crippen LogP contribution in [0.15, 0.2) is 6.20 Å². The van der Waals surface area contributed by atoms with E-state index in [0.717, 1.165) is 31.6 Å². The normalized spacial score (nSPS) is 26.7. The molecule has 106 valence electrons.